The van der Waals surface area contributed by atoms with Crippen molar-refractivity contribution in [3.05, 3.63) is 0 Å². The molecule has 3 nitrogen and oxygen atoms in total. The van der Waals surface area contributed by atoms with Crippen molar-refractivity contribution in [1.82, 2.24) is 0 Å². The lowest BCUT2D eigenvalue weighted by Gasteiger charge is -2.22. The summed E-state index contributed by atoms with van der Waals surface area (Å²) in [5.41, 5.74) is -0.780. The number of hydrogen-bond donors (Lipinski definition) is 1. The zero-order valence-corrected chi connectivity index (χ0v) is 10.5. The van der Waals surface area contributed by atoms with Crippen LogP contribution in [-0.4, -0.2) is 22.8 Å². The maximum atomic E-state index is 11.3. The first-order chi connectivity index (χ1) is 6.70. The minimum Gasteiger partial charge on any atom is -0.463 e. The molecule has 0 rings (SSSR count). The van der Waals surface area contributed by atoms with Crippen molar-refractivity contribution in [3.63, 3.8) is 0 Å². The number of carbonyl (C=O) groups is 1. The maximum Gasteiger partial charge on any atom is 0.306 e. The standard InChI is InChI=1S/C12H24O3/c1-9(2)6-7-11(13)15-10(3)8-12(4,5)14/h9-10,14H,6-8H2,1-5H3/t10-/m1/s1. The zero-order chi connectivity index (χ0) is 12.1. The fraction of sp³-hybridized carbons (Fsp3) is 0.917. The Morgan fingerprint density at radius 1 is 1.33 bits per heavy atom. The lowest BCUT2D eigenvalue weighted by atomic mass is 10.0. The summed E-state index contributed by atoms with van der Waals surface area (Å²) >= 11 is 0. The van der Waals surface area contributed by atoms with Gasteiger partial charge < -0.3 is 9.84 Å². The summed E-state index contributed by atoms with van der Waals surface area (Å²) in [5.74, 6) is 0.350. The molecule has 0 spiro atoms. The topological polar surface area (TPSA) is 46.5 Å². The summed E-state index contributed by atoms with van der Waals surface area (Å²) in [5, 5.41) is 9.53. The van der Waals surface area contributed by atoms with Crippen LogP contribution in [0.5, 0.6) is 0 Å². The first kappa shape index (κ1) is 14.4. The smallest absolute Gasteiger partial charge is 0.306 e. The van der Waals surface area contributed by atoms with Crippen LogP contribution in [0.3, 0.4) is 0 Å². The monoisotopic (exact) mass is 216 g/mol. The molecule has 0 saturated heterocycles. The van der Waals surface area contributed by atoms with E-state index in [2.05, 4.69) is 13.8 Å². The van der Waals surface area contributed by atoms with Gasteiger partial charge in [0.15, 0.2) is 0 Å². The summed E-state index contributed by atoms with van der Waals surface area (Å²) in [6.45, 7) is 9.39. The molecular weight excluding hydrogens is 192 g/mol. The molecule has 1 atom stereocenters. The van der Waals surface area contributed by atoms with Crippen molar-refractivity contribution in [2.45, 2.75) is 65.6 Å². The molecule has 0 heterocycles. The van der Waals surface area contributed by atoms with E-state index in [1.807, 2.05) is 6.92 Å². The van der Waals surface area contributed by atoms with Gasteiger partial charge in [0, 0.05) is 12.8 Å². The lowest BCUT2D eigenvalue weighted by Crippen LogP contribution is -2.27. The molecule has 0 saturated carbocycles. The van der Waals surface area contributed by atoms with Gasteiger partial charge in [-0.25, -0.2) is 0 Å². The normalized spacial score (nSPS) is 14.1. The van der Waals surface area contributed by atoms with Gasteiger partial charge in [-0.2, -0.15) is 0 Å². The number of hydrogen-bond acceptors (Lipinski definition) is 3. The largest absolute Gasteiger partial charge is 0.463 e. The van der Waals surface area contributed by atoms with Crippen molar-refractivity contribution >= 4 is 5.97 Å². The van der Waals surface area contributed by atoms with E-state index in [1.165, 1.54) is 0 Å². The maximum absolute atomic E-state index is 11.3. The van der Waals surface area contributed by atoms with E-state index in [0.717, 1.165) is 6.42 Å². The highest BCUT2D eigenvalue weighted by molar-refractivity contribution is 5.69. The molecular formula is C12H24O3. The Morgan fingerprint density at radius 2 is 1.87 bits per heavy atom. The third-order valence-electron chi connectivity index (χ3n) is 2.05. The van der Waals surface area contributed by atoms with Crippen LogP contribution in [0.1, 0.15) is 53.9 Å². The molecule has 0 aromatic carbocycles. The van der Waals surface area contributed by atoms with Gasteiger partial charge in [-0.3, -0.25) is 4.79 Å². The number of ether oxygens (including phenoxy) is 1. The van der Waals surface area contributed by atoms with Crippen LogP contribution in [0.2, 0.25) is 0 Å². The Kier molecular flexibility index (Phi) is 5.88. The van der Waals surface area contributed by atoms with Crippen LogP contribution in [-0.2, 0) is 9.53 Å². The Balaban J connectivity index is 3.77. The van der Waals surface area contributed by atoms with Crippen molar-refractivity contribution in [2.24, 2.45) is 5.92 Å². The average Bonchev–Trinajstić information content (AvgIpc) is 1.96. The number of rotatable bonds is 6. The second-order valence-corrected chi connectivity index (χ2v) is 5.25. The number of carbonyl (C=O) groups excluding carboxylic acids is 1. The highest BCUT2D eigenvalue weighted by atomic mass is 16.5. The van der Waals surface area contributed by atoms with Gasteiger partial charge in [-0.15, -0.1) is 0 Å². The van der Waals surface area contributed by atoms with Gasteiger partial charge in [0.05, 0.1) is 5.60 Å². The summed E-state index contributed by atoms with van der Waals surface area (Å²) < 4.78 is 5.18. The summed E-state index contributed by atoms with van der Waals surface area (Å²) in [6.07, 6.45) is 1.58. The van der Waals surface area contributed by atoms with Gasteiger partial charge >= 0.3 is 5.97 Å². The van der Waals surface area contributed by atoms with E-state index in [1.54, 1.807) is 13.8 Å². The minimum atomic E-state index is -0.780. The van der Waals surface area contributed by atoms with Crippen molar-refractivity contribution < 1.29 is 14.6 Å². The van der Waals surface area contributed by atoms with E-state index >= 15 is 0 Å². The van der Waals surface area contributed by atoms with Gasteiger partial charge in [0.2, 0.25) is 0 Å². The van der Waals surface area contributed by atoms with Gasteiger partial charge in [-0.1, -0.05) is 13.8 Å². The predicted molar refractivity (Wildman–Crippen MR) is 60.5 cm³/mol. The molecule has 0 aromatic rings. The quantitative estimate of drug-likeness (QED) is 0.694. The van der Waals surface area contributed by atoms with Gasteiger partial charge in [0.25, 0.3) is 0 Å². The van der Waals surface area contributed by atoms with E-state index < -0.39 is 5.60 Å². The minimum absolute atomic E-state index is 0.166. The molecule has 0 unspecified atom stereocenters. The average molecular weight is 216 g/mol. The third-order valence-corrected chi connectivity index (χ3v) is 2.05. The fourth-order valence-electron chi connectivity index (χ4n) is 1.43. The van der Waals surface area contributed by atoms with Crippen molar-refractivity contribution in [3.8, 4) is 0 Å². The van der Waals surface area contributed by atoms with Gasteiger partial charge in [-0.05, 0) is 33.1 Å². The molecule has 3 heteroatoms. The van der Waals surface area contributed by atoms with E-state index in [9.17, 15) is 9.90 Å². The molecule has 0 aliphatic carbocycles. The van der Waals surface area contributed by atoms with E-state index in [-0.39, 0.29) is 12.1 Å². The first-order valence-electron chi connectivity index (χ1n) is 5.62. The zero-order valence-electron chi connectivity index (χ0n) is 10.5. The van der Waals surface area contributed by atoms with Crippen LogP contribution in [0.4, 0.5) is 0 Å². The van der Waals surface area contributed by atoms with Crippen LogP contribution in [0.15, 0.2) is 0 Å². The molecule has 0 aromatic heterocycles. The summed E-state index contributed by atoms with van der Waals surface area (Å²) in [4.78, 5) is 11.3. The second kappa shape index (κ2) is 6.11. The second-order valence-electron chi connectivity index (χ2n) is 5.25. The summed E-state index contributed by atoms with van der Waals surface area (Å²) in [7, 11) is 0. The van der Waals surface area contributed by atoms with Crippen molar-refractivity contribution in [1.29, 1.82) is 0 Å². The molecule has 0 aliphatic heterocycles. The van der Waals surface area contributed by atoms with Crippen molar-refractivity contribution in [2.75, 3.05) is 0 Å². The Morgan fingerprint density at radius 3 is 2.27 bits per heavy atom. The van der Waals surface area contributed by atoms with Gasteiger partial charge in [0.1, 0.15) is 6.10 Å². The molecule has 0 bridgehead atoms. The first-order valence-corrected chi connectivity index (χ1v) is 5.62. The Labute approximate surface area is 92.8 Å². The highest BCUT2D eigenvalue weighted by Gasteiger charge is 2.19. The summed E-state index contributed by atoms with van der Waals surface area (Å²) in [6, 6.07) is 0. The lowest BCUT2D eigenvalue weighted by molar-refractivity contribution is -0.150. The fourth-order valence-corrected chi connectivity index (χ4v) is 1.43. The molecule has 0 amide bonds. The highest BCUT2D eigenvalue weighted by Crippen LogP contribution is 2.14. The number of aliphatic hydroxyl groups is 1. The predicted octanol–water partition coefficient (Wildman–Crippen LogP) is 2.52. The van der Waals surface area contributed by atoms with E-state index in [0.29, 0.717) is 18.8 Å². The van der Waals surface area contributed by atoms with E-state index in [4.69, 9.17) is 4.74 Å². The van der Waals surface area contributed by atoms with Crippen LogP contribution in [0, 0.1) is 5.92 Å². The molecule has 1 N–H and O–H groups in total. The SMILES string of the molecule is CC(C)CCC(=O)O[C@H](C)CC(C)(C)O. The Hall–Kier alpha value is -0.570. The number of esters is 1. The molecule has 0 fully saturated rings. The van der Waals surface area contributed by atoms with Crippen LogP contribution < -0.4 is 0 Å². The third kappa shape index (κ3) is 9.73. The molecule has 0 aliphatic rings. The van der Waals surface area contributed by atoms with Crippen LogP contribution >= 0.6 is 0 Å². The molecule has 0 radical (unpaired) electrons. The Bertz CT molecular complexity index is 192. The van der Waals surface area contributed by atoms with Crippen LogP contribution in [0.25, 0.3) is 0 Å². The molecule has 90 valence electrons. The molecule has 15 heavy (non-hydrogen) atoms.